The number of carbonyl (C=O) groups excluding carboxylic acids is 1. The van der Waals surface area contributed by atoms with E-state index < -0.39 is 0 Å². The highest BCUT2D eigenvalue weighted by atomic mass is 32.1. The van der Waals surface area contributed by atoms with Crippen LogP contribution in [0.1, 0.15) is 20.1 Å². The molecule has 98 valence electrons. The van der Waals surface area contributed by atoms with E-state index in [4.69, 9.17) is 5.11 Å². The zero-order chi connectivity index (χ0) is 13.8. The highest BCUT2D eigenvalue weighted by molar-refractivity contribution is 7.14. The number of rotatable bonds is 2. The van der Waals surface area contributed by atoms with Crippen LogP contribution in [0.3, 0.4) is 0 Å². The zero-order valence-corrected chi connectivity index (χ0v) is 11.2. The van der Waals surface area contributed by atoms with Gasteiger partial charge in [-0.2, -0.15) is 4.80 Å². The fourth-order valence-electron chi connectivity index (χ4n) is 1.34. The Kier molecular flexibility index (Phi) is 3.89. The van der Waals surface area contributed by atoms with E-state index in [2.05, 4.69) is 32.6 Å². The molecule has 0 aromatic carbocycles. The first-order valence-corrected chi connectivity index (χ1v) is 6.17. The van der Waals surface area contributed by atoms with Crippen LogP contribution in [0.15, 0.2) is 6.07 Å². The highest BCUT2D eigenvalue weighted by Gasteiger charge is 2.13. The Bertz CT molecular complexity index is 664. The first kappa shape index (κ1) is 13.2. The lowest BCUT2D eigenvalue weighted by molar-refractivity contribution is 0.102. The van der Waals surface area contributed by atoms with E-state index >= 15 is 0 Å². The number of aryl methyl sites for hydroxylation is 2. The fourth-order valence-corrected chi connectivity index (χ4v) is 2.28. The van der Waals surface area contributed by atoms with Crippen molar-refractivity contribution in [2.45, 2.75) is 6.92 Å². The predicted octanol–water partition coefficient (Wildman–Crippen LogP) is 0.176. The highest BCUT2D eigenvalue weighted by Crippen LogP contribution is 2.21. The molecule has 7 nitrogen and oxygen atoms in total. The Morgan fingerprint density at radius 2 is 2.42 bits per heavy atom. The van der Waals surface area contributed by atoms with Crippen molar-refractivity contribution < 1.29 is 9.90 Å². The number of amides is 1. The van der Waals surface area contributed by atoms with Gasteiger partial charge in [-0.3, -0.25) is 10.1 Å². The number of thiophene rings is 1. The van der Waals surface area contributed by atoms with E-state index in [1.54, 1.807) is 13.1 Å². The van der Waals surface area contributed by atoms with Crippen LogP contribution in [-0.4, -0.2) is 37.8 Å². The average molecular weight is 277 g/mol. The summed E-state index contributed by atoms with van der Waals surface area (Å²) in [6.45, 7) is 1.65. The van der Waals surface area contributed by atoms with E-state index in [-0.39, 0.29) is 18.5 Å². The van der Waals surface area contributed by atoms with Crippen molar-refractivity contribution in [2.75, 3.05) is 11.9 Å². The lowest BCUT2D eigenvalue weighted by Gasteiger charge is -1.95. The summed E-state index contributed by atoms with van der Waals surface area (Å²) in [5.41, 5.74) is 0.892. The standard InChI is InChI=1S/C11H11N5O2S/c1-7-6-9(19-8(7)4-3-5-17)10(18)12-11-13-15-16(2)14-11/h6,17H,5H2,1-2H3,(H,12,14,18). The zero-order valence-electron chi connectivity index (χ0n) is 10.3. The largest absolute Gasteiger partial charge is 0.384 e. The number of hydrogen-bond acceptors (Lipinski definition) is 6. The molecule has 2 heterocycles. The van der Waals surface area contributed by atoms with Gasteiger partial charge in [0.1, 0.15) is 6.61 Å². The van der Waals surface area contributed by atoms with Gasteiger partial charge in [0.15, 0.2) is 0 Å². The third-order valence-electron chi connectivity index (χ3n) is 2.16. The average Bonchev–Trinajstić information content (AvgIpc) is 2.93. The van der Waals surface area contributed by atoms with Crippen LogP contribution in [0, 0.1) is 18.8 Å². The van der Waals surface area contributed by atoms with Crippen LogP contribution in [0.5, 0.6) is 0 Å². The topological polar surface area (TPSA) is 92.9 Å². The number of aliphatic hydroxyl groups excluding tert-OH is 1. The summed E-state index contributed by atoms with van der Waals surface area (Å²) in [5.74, 6) is 5.20. The molecule has 0 saturated heterocycles. The van der Waals surface area contributed by atoms with Crippen LogP contribution in [0.25, 0.3) is 0 Å². The second kappa shape index (κ2) is 5.60. The van der Waals surface area contributed by atoms with E-state index in [1.807, 2.05) is 6.92 Å². The number of aliphatic hydroxyl groups is 1. The fraction of sp³-hybridized carbons (Fsp3) is 0.273. The maximum atomic E-state index is 11.9. The second-order valence-corrected chi connectivity index (χ2v) is 4.69. The van der Waals surface area contributed by atoms with Crippen LogP contribution < -0.4 is 5.32 Å². The van der Waals surface area contributed by atoms with Crippen molar-refractivity contribution in [1.82, 2.24) is 20.2 Å². The summed E-state index contributed by atoms with van der Waals surface area (Å²) in [5, 5.41) is 22.4. The Hall–Kier alpha value is -2.24. The summed E-state index contributed by atoms with van der Waals surface area (Å²) in [4.78, 5) is 14.5. The minimum absolute atomic E-state index is 0.154. The van der Waals surface area contributed by atoms with Gasteiger partial charge in [-0.05, 0) is 23.8 Å². The number of aromatic nitrogens is 4. The van der Waals surface area contributed by atoms with Crippen LogP contribution in [-0.2, 0) is 7.05 Å². The Morgan fingerprint density at radius 3 is 3.05 bits per heavy atom. The lowest BCUT2D eigenvalue weighted by atomic mass is 10.2. The molecule has 0 aliphatic carbocycles. The Morgan fingerprint density at radius 1 is 1.63 bits per heavy atom. The minimum atomic E-state index is -0.307. The van der Waals surface area contributed by atoms with Crippen molar-refractivity contribution in [1.29, 1.82) is 0 Å². The van der Waals surface area contributed by atoms with Crippen molar-refractivity contribution in [2.24, 2.45) is 7.05 Å². The van der Waals surface area contributed by atoms with Crippen molar-refractivity contribution >= 4 is 23.2 Å². The molecular weight excluding hydrogens is 266 g/mol. The molecule has 2 rings (SSSR count). The Balaban J connectivity index is 2.15. The maximum Gasteiger partial charge on any atom is 0.270 e. The first-order valence-electron chi connectivity index (χ1n) is 5.35. The van der Waals surface area contributed by atoms with Gasteiger partial charge in [-0.15, -0.1) is 16.4 Å². The molecule has 0 aliphatic rings. The van der Waals surface area contributed by atoms with Crippen molar-refractivity contribution in [3.63, 3.8) is 0 Å². The third kappa shape index (κ3) is 3.15. The molecule has 0 radical (unpaired) electrons. The van der Waals surface area contributed by atoms with Crippen LogP contribution in [0.4, 0.5) is 5.95 Å². The molecule has 2 N–H and O–H groups in total. The smallest absolute Gasteiger partial charge is 0.270 e. The molecule has 0 fully saturated rings. The van der Waals surface area contributed by atoms with Gasteiger partial charge in [0, 0.05) is 0 Å². The van der Waals surface area contributed by atoms with Crippen molar-refractivity contribution in [3.05, 3.63) is 21.4 Å². The number of tetrazole rings is 1. The van der Waals surface area contributed by atoms with Gasteiger partial charge in [0.05, 0.1) is 16.8 Å². The molecule has 0 saturated carbocycles. The molecule has 2 aromatic heterocycles. The van der Waals surface area contributed by atoms with Crippen LogP contribution in [0.2, 0.25) is 0 Å². The molecule has 19 heavy (non-hydrogen) atoms. The minimum Gasteiger partial charge on any atom is -0.384 e. The molecule has 0 aliphatic heterocycles. The van der Waals surface area contributed by atoms with Gasteiger partial charge in [-0.1, -0.05) is 16.9 Å². The molecule has 0 atom stereocenters. The summed E-state index contributed by atoms with van der Waals surface area (Å²) in [7, 11) is 1.61. The number of nitrogens with zero attached hydrogens (tertiary/aromatic N) is 4. The number of anilines is 1. The maximum absolute atomic E-state index is 11.9. The second-order valence-electron chi connectivity index (χ2n) is 3.64. The molecule has 0 bridgehead atoms. The summed E-state index contributed by atoms with van der Waals surface area (Å²) < 4.78 is 0. The summed E-state index contributed by atoms with van der Waals surface area (Å²) in [6, 6.07) is 1.73. The van der Waals surface area contributed by atoms with Crippen LogP contribution >= 0.6 is 11.3 Å². The first-order chi connectivity index (χ1) is 9.10. The van der Waals surface area contributed by atoms with Gasteiger partial charge in [0.2, 0.25) is 0 Å². The van der Waals surface area contributed by atoms with Crippen molar-refractivity contribution in [3.8, 4) is 11.8 Å². The number of carbonyl (C=O) groups is 1. The van der Waals surface area contributed by atoms with E-state index in [0.29, 0.717) is 4.88 Å². The normalized spacial score (nSPS) is 9.84. The Labute approximate surface area is 113 Å². The number of hydrogen-bond donors (Lipinski definition) is 2. The van der Waals surface area contributed by atoms with Gasteiger partial charge < -0.3 is 5.11 Å². The van der Waals surface area contributed by atoms with E-state index in [9.17, 15) is 4.79 Å². The van der Waals surface area contributed by atoms with E-state index in [1.165, 1.54) is 16.1 Å². The summed E-state index contributed by atoms with van der Waals surface area (Å²) >= 11 is 1.25. The lowest BCUT2D eigenvalue weighted by Crippen LogP contribution is -2.11. The van der Waals surface area contributed by atoms with Gasteiger partial charge in [-0.25, -0.2) is 0 Å². The molecule has 0 unspecified atom stereocenters. The number of nitrogens with one attached hydrogen (secondary N) is 1. The molecule has 1 amide bonds. The molecule has 2 aromatic rings. The quantitative estimate of drug-likeness (QED) is 0.764. The molecule has 8 heteroatoms. The predicted molar refractivity (Wildman–Crippen MR) is 69.8 cm³/mol. The summed E-state index contributed by atoms with van der Waals surface area (Å²) in [6.07, 6.45) is 0. The molecule has 0 spiro atoms. The van der Waals surface area contributed by atoms with Gasteiger partial charge in [0.25, 0.3) is 11.9 Å². The van der Waals surface area contributed by atoms with Gasteiger partial charge >= 0.3 is 0 Å². The third-order valence-corrected chi connectivity index (χ3v) is 3.31. The van der Waals surface area contributed by atoms with E-state index in [0.717, 1.165) is 10.4 Å². The molecular formula is C11H11N5O2S. The monoisotopic (exact) mass is 277 g/mol. The SMILES string of the molecule is Cc1cc(C(=O)Nc2nnn(C)n2)sc1C#CCO.